The van der Waals surface area contributed by atoms with Crippen LogP contribution in [-0.2, 0) is 15.8 Å². The van der Waals surface area contributed by atoms with Crippen molar-refractivity contribution in [2.45, 2.75) is 31.6 Å². The second-order valence-electron chi connectivity index (χ2n) is 14.4. The number of benzene rings is 6. The lowest BCUT2D eigenvalue weighted by Crippen LogP contribution is -2.31. The summed E-state index contributed by atoms with van der Waals surface area (Å²) < 4.78 is 26.9. The highest BCUT2D eigenvalue weighted by molar-refractivity contribution is 6.09. The molecule has 0 N–H and O–H groups in total. The van der Waals surface area contributed by atoms with Gasteiger partial charge in [-0.25, -0.2) is 10.0 Å². The standard InChI is InChI=1S/C47H40N4O/c1-46(2,3)35-28-29-48-45(32-35)50-41-23-12-11-22-39(41)40-27-26-37(31-44(40)50)47(33-16-7-5-8-17-33,34-18-9-6-10-19-34)36-20-15-21-38(30-36)51-43-25-14-13-24-42(43)49(4)52-51/h5-32H,1-4H3/i4D3. The molecule has 5 heteroatoms. The number of para-hydroxylation sites is 3. The van der Waals surface area contributed by atoms with Crippen molar-refractivity contribution in [3.8, 4) is 5.82 Å². The number of pyridine rings is 1. The molecule has 5 nitrogen and oxygen atoms in total. The van der Waals surface area contributed by atoms with E-state index in [1.54, 1.807) is 11.1 Å². The predicted molar refractivity (Wildman–Crippen MR) is 214 cm³/mol. The van der Waals surface area contributed by atoms with Crippen LogP contribution in [-0.4, -0.2) is 16.5 Å². The van der Waals surface area contributed by atoms with Crippen molar-refractivity contribution in [1.29, 1.82) is 0 Å². The molecule has 3 heterocycles. The second kappa shape index (κ2) is 12.3. The molecular formula is C47H40N4O. The Morgan fingerprint density at radius 1 is 0.538 bits per heavy atom. The van der Waals surface area contributed by atoms with Gasteiger partial charge in [0.2, 0.25) is 0 Å². The maximum absolute atomic E-state index is 8.22. The third-order valence-electron chi connectivity index (χ3n) is 10.4. The number of hydrogen-bond acceptors (Lipinski definition) is 4. The smallest absolute Gasteiger partial charge is 0.137 e. The summed E-state index contributed by atoms with van der Waals surface area (Å²) >= 11 is 0. The monoisotopic (exact) mass is 679 g/mol. The molecule has 254 valence electrons. The molecule has 0 atom stereocenters. The Morgan fingerprint density at radius 2 is 1.17 bits per heavy atom. The van der Waals surface area contributed by atoms with Crippen molar-refractivity contribution >= 4 is 38.9 Å². The molecule has 6 aromatic carbocycles. The van der Waals surface area contributed by atoms with E-state index < -0.39 is 12.4 Å². The third-order valence-corrected chi connectivity index (χ3v) is 10.4. The van der Waals surface area contributed by atoms with E-state index in [-0.39, 0.29) is 5.41 Å². The van der Waals surface area contributed by atoms with E-state index in [9.17, 15) is 0 Å². The van der Waals surface area contributed by atoms with Crippen LogP contribution in [0.25, 0.3) is 27.6 Å². The summed E-state index contributed by atoms with van der Waals surface area (Å²) in [6.45, 7) is 4.18. The molecule has 0 saturated heterocycles. The molecule has 1 aliphatic heterocycles. The average molecular weight is 680 g/mol. The van der Waals surface area contributed by atoms with E-state index in [0.29, 0.717) is 17.1 Å². The van der Waals surface area contributed by atoms with Gasteiger partial charge in [0, 0.05) is 28.1 Å². The molecule has 0 spiro atoms. The van der Waals surface area contributed by atoms with E-state index in [0.717, 1.165) is 54.9 Å². The Labute approximate surface area is 309 Å². The van der Waals surface area contributed by atoms with E-state index in [1.165, 1.54) is 5.56 Å². The van der Waals surface area contributed by atoms with E-state index in [1.807, 2.05) is 48.7 Å². The quantitative estimate of drug-likeness (QED) is 0.164. The summed E-state index contributed by atoms with van der Waals surface area (Å²) in [4.78, 5) is 11.1. The van der Waals surface area contributed by atoms with Crippen molar-refractivity contribution in [3.63, 3.8) is 0 Å². The minimum absolute atomic E-state index is 0.0531. The number of fused-ring (bicyclic) bond motifs is 4. The van der Waals surface area contributed by atoms with Crippen LogP contribution in [0, 0.1) is 0 Å². The lowest BCUT2D eigenvalue weighted by molar-refractivity contribution is 0.142. The second-order valence-corrected chi connectivity index (χ2v) is 14.4. The SMILES string of the molecule is [2H]C([2H])([2H])N1ON(c2cccc(C(c3ccccc3)(c3ccccc3)c3ccc4c5ccccc5n(-c5cc(C(C)(C)C)ccn5)c4c3)c2)c2ccccc21. The molecule has 0 bridgehead atoms. The molecule has 0 aliphatic carbocycles. The number of rotatable bonds is 6. The zero-order valence-corrected chi connectivity index (χ0v) is 29.4. The summed E-state index contributed by atoms with van der Waals surface area (Å²) in [6.07, 6.45) is 1.91. The molecule has 0 amide bonds. The molecule has 0 fully saturated rings. The lowest BCUT2D eigenvalue weighted by Gasteiger charge is -2.37. The van der Waals surface area contributed by atoms with Crippen LogP contribution >= 0.6 is 0 Å². The molecule has 0 saturated carbocycles. The third kappa shape index (κ3) is 5.00. The first kappa shape index (κ1) is 28.5. The van der Waals surface area contributed by atoms with Gasteiger partial charge in [-0.1, -0.05) is 136 Å². The van der Waals surface area contributed by atoms with Crippen molar-refractivity contribution in [2.75, 3.05) is 17.1 Å². The fourth-order valence-corrected chi connectivity index (χ4v) is 7.86. The van der Waals surface area contributed by atoms with Gasteiger partial charge in [0.05, 0.1) is 33.5 Å². The molecule has 1 aliphatic rings. The summed E-state index contributed by atoms with van der Waals surface area (Å²) in [5.74, 6) is 0.867. The molecule has 52 heavy (non-hydrogen) atoms. The van der Waals surface area contributed by atoms with Crippen LogP contribution in [0.15, 0.2) is 170 Å². The van der Waals surface area contributed by atoms with Gasteiger partial charge in [0.15, 0.2) is 0 Å². The molecule has 8 aromatic rings. The summed E-state index contributed by atoms with van der Waals surface area (Å²) in [7, 11) is 0. The zero-order valence-electron chi connectivity index (χ0n) is 32.4. The Balaban J connectivity index is 1.33. The van der Waals surface area contributed by atoms with Crippen LogP contribution in [0.1, 0.15) is 52.7 Å². The number of anilines is 3. The summed E-state index contributed by atoms with van der Waals surface area (Å²) in [5, 5.41) is 4.91. The number of hydroxylamine groups is 1. The molecule has 9 rings (SSSR count). The average Bonchev–Trinajstić information content (AvgIpc) is 3.76. The van der Waals surface area contributed by atoms with Crippen LogP contribution < -0.4 is 10.1 Å². The van der Waals surface area contributed by atoms with Gasteiger partial charge in [-0.2, -0.15) is 5.06 Å². The number of hydrogen-bond donors (Lipinski definition) is 0. The maximum Gasteiger partial charge on any atom is 0.137 e. The normalized spacial score (nSPS) is 14.3. The van der Waals surface area contributed by atoms with Crippen LogP contribution in [0.2, 0.25) is 0 Å². The van der Waals surface area contributed by atoms with Crippen LogP contribution in [0.4, 0.5) is 17.1 Å². The molecule has 0 radical (unpaired) electrons. The first-order chi connectivity index (χ1) is 26.5. The van der Waals surface area contributed by atoms with E-state index in [2.05, 4.69) is 141 Å². The molecule has 2 aromatic heterocycles. The van der Waals surface area contributed by atoms with E-state index >= 15 is 0 Å². The fraction of sp³-hybridized carbons (Fsp3) is 0.128. The van der Waals surface area contributed by atoms with Crippen LogP contribution in [0.3, 0.4) is 0 Å². The Hall–Kier alpha value is -6.17. The number of aromatic nitrogens is 2. The Bertz CT molecular complexity index is 2640. The Kier molecular flexibility index (Phi) is 6.72. The van der Waals surface area contributed by atoms with Gasteiger partial charge in [0.25, 0.3) is 0 Å². The lowest BCUT2D eigenvalue weighted by atomic mass is 9.65. The highest BCUT2D eigenvalue weighted by atomic mass is 16.8. The predicted octanol–water partition coefficient (Wildman–Crippen LogP) is 11.3. The van der Waals surface area contributed by atoms with Gasteiger partial charge >= 0.3 is 0 Å². The van der Waals surface area contributed by atoms with Crippen molar-refractivity contribution in [1.82, 2.24) is 9.55 Å². The van der Waals surface area contributed by atoms with Gasteiger partial charge < -0.3 is 0 Å². The van der Waals surface area contributed by atoms with Crippen LogP contribution in [0.5, 0.6) is 0 Å². The largest absolute Gasteiger partial charge is 0.294 e. The van der Waals surface area contributed by atoms with Gasteiger partial charge in [0.1, 0.15) is 5.82 Å². The minimum atomic E-state index is -2.50. The van der Waals surface area contributed by atoms with Gasteiger partial charge in [-0.3, -0.25) is 4.57 Å². The van der Waals surface area contributed by atoms with Crippen molar-refractivity contribution < 1.29 is 9.05 Å². The molecule has 0 unspecified atom stereocenters. The number of nitrogens with zero attached hydrogens (tertiary/aromatic N) is 4. The first-order valence-electron chi connectivity index (χ1n) is 19.1. The highest BCUT2D eigenvalue weighted by Crippen LogP contribution is 2.49. The highest BCUT2D eigenvalue weighted by Gasteiger charge is 2.40. The molecular weight excluding hydrogens is 637 g/mol. The summed E-state index contributed by atoms with van der Waals surface area (Å²) in [6, 6.07) is 56.4. The van der Waals surface area contributed by atoms with E-state index in [4.69, 9.17) is 14.0 Å². The van der Waals surface area contributed by atoms with Gasteiger partial charge in [-0.15, -0.1) is 4.94 Å². The minimum Gasteiger partial charge on any atom is -0.294 e. The Morgan fingerprint density at radius 3 is 1.90 bits per heavy atom. The van der Waals surface area contributed by atoms with Crippen molar-refractivity contribution in [2.24, 2.45) is 0 Å². The van der Waals surface area contributed by atoms with Gasteiger partial charge in [-0.05, 0) is 81.8 Å². The first-order valence-corrected chi connectivity index (χ1v) is 17.6. The van der Waals surface area contributed by atoms with Crippen molar-refractivity contribution in [3.05, 3.63) is 198 Å². The fourth-order valence-electron chi connectivity index (χ4n) is 7.86. The summed E-state index contributed by atoms with van der Waals surface area (Å²) in [5.41, 5.74) is 8.54. The zero-order chi connectivity index (χ0) is 38.0. The topological polar surface area (TPSA) is 33.5 Å². The maximum atomic E-state index is 8.22.